The number of hydrogen-bond acceptors (Lipinski definition) is 3. The first-order valence-electron chi connectivity index (χ1n) is 4.99. The fourth-order valence-electron chi connectivity index (χ4n) is 1.15. The number of nitrogens with two attached hydrogens (primary N) is 1. The minimum absolute atomic E-state index is 0.0438. The highest BCUT2D eigenvalue weighted by Gasteiger charge is 2.15. The smallest absolute Gasteiger partial charge is 0.224 e. The Morgan fingerprint density at radius 2 is 2.07 bits per heavy atom. The van der Waals surface area contributed by atoms with E-state index >= 15 is 0 Å². The normalized spacial score (nSPS) is 14.9. The maximum Gasteiger partial charge on any atom is 0.224 e. The predicted octanol–water partition coefficient (Wildman–Crippen LogP) is 1.32. The Labute approximate surface area is 91.4 Å². The van der Waals surface area contributed by atoms with E-state index in [4.69, 9.17) is 5.73 Å². The fraction of sp³-hybridized carbons (Fsp3) is 0.900. The molecule has 4 heteroatoms. The zero-order valence-corrected chi connectivity index (χ0v) is 10.4. The van der Waals surface area contributed by atoms with E-state index in [2.05, 4.69) is 13.2 Å². The summed E-state index contributed by atoms with van der Waals surface area (Å²) >= 11 is 1.81. The quantitative estimate of drug-likeness (QED) is 0.731. The molecule has 0 rings (SSSR count). The monoisotopic (exact) mass is 218 g/mol. The molecule has 0 aliphatic carbocycles. The van der Waals surface area contributed by atoms with Crippen molar-refractivity contribution in [3.05, 3.63) is 0 Å². The molecule has 0 spiro atoms. The summed E-state index contributed by atoms with van der Waals surface area (Å²) in [5, 5.41) is 0. The summed E-state index contributed by atoms with van der Waals surface area (Å²) in [6.07, 6.45) is 3.57. The zero-order chi connectivity index (χ0) is 11.1. The van der Waals surface area contributed by atoms with Crippen LogP contribution < -0.4 is 5.73 Å². The molecule has 0 bridgehead atoms. The molecule has 0 heterocycles. The van der Waals surface area contributed by atoms with Crippen LogP contribution in [-0.2, 0) is 4.79 Å². The summed E-state index contributed by atoms with van der Waals surface area (Å²) in [6.45, 7) is 3.94. The Balaban J connectivity index is 3.90. The van der Waals surface area contributed by atoms with E-state index in [9.17, 15) is 4.79 Å². The molecule has 14 heavy (non-hydrogen) atoms. The second-order valence-electron chi connectivity index (χ2n) is 3.82. The molecule has 0 aliphatic rings. The summed E-state index contributed by atoms with van der Waals surface area (Å²) in [5.74, 6) is 1.24. The predicted molar refractivity (Wildman–Crippen MR) is 63.5 cm³/mol. The number of rotatable bonds is 6. The second kappa shape index (κ2) is 7.12. The maximum absolute atomic E-state index is 11.6. The van der Waals surface area contributed by atoms with Gasteiger partial charge in [-0.2, -0.15) is 11.8 Å². The van der Waals surface area contributed by atoms with Gasteiger partial charge in [0.2, 0.25) is 5.91 Å². The van der Waals surface area contributed by atoms with E-state index in [1.165, 1.54) is 0 Å². The molecule has 84 valence electrons. The Morgan fingerprint density at radius 1 is 1.50 bits per heavy atom. The molecule has 0 radical (unpaired) electrons. The third-order valence-electron chi connectivity index (χ3n) is 2.29. The Morgan fingerprint density at radius 3 is 2.50 bits per heavy atom. The van der Waals surface area contributed by atoms with E-state index in [0.717, 1.165) is 12.2 Å². The van der Waals surface area contributed by atoms with E-state index in [1.54, 1.807) is 4.90 Å². The van der Waals surface area contributed by atoms with E-state index in [0.29, 0.717) is 12.5 Å². The summed E-state index contributed by atoms with van der Waals surface area (Å²) in [4.78, 5) is 13.4. The number of carbonyl (C=O) groups excluding carboxylic acids is 1. The van der Waals surface area contributed by atoms with Crippen LogP contribution in [0.15, 0.2) is 0 Å². The molecule has 0 aromatic carbocycles. The zero-order valence-electron chi connectivity index (χ0n) is 9.62. The molecule has 0 aromatic rings. The lowest BCUT2D eigenvalue weighted by atomic mass is 10.2. The van der Waals surface area contributed by atoms with Gasteiger partial charge in [-0.25, -0.2) is 0 Å². The number of nitrogens with zero attached hydrogens (tertiary/aromatic N) is 1. The third kappa shape index (κ3) is 5.50. The van der Waals surface area contributed by atoms with Crippen LogP contribution in [0.3, 0.4) is 0 Å². The van der Waals surface area contributed by atoms with Gasteiger partial charge in [-0.05, 0) is 32.3 Å². The third-order valence-corrected chi connectivity index (χ3v) is 2.93. The van der Waals surface area contributed by atoms with Crippen molar-refractivity contribution in [2.24, 2.45) is 5.73 Å². The van der Waals surface area contributed by atoms with Crippen LogP contribution in [0.4, 0.5) is 0 Å². The lowest BCUT2D eigenvalue weighted by Gasteiger charge is -2.25. The minimum Gasteiger partial charge on any atom is -0.343 e. The number of amides is 1. The summed E-state index contributed by atoms with van der Waals surface area (Å²) in [7, 11) is 1.86. The number of carbonyl (C=O) groups is 1. The molecule has 0 saturated carbocycles. The first kappa shape index (κ1) is 13.8. The first-order chi connectivity index (χ1) is 6.49. The average molecular weight is 218 g/mol. The molecule has 3 nitrogen and oxygen atoms in total. The molecular weight excluding hydrogens is 196 g/mol. The van der Waals surface area contributed by atoms with E-state index in [1.807, 2.05) is 25.7 Å². The van der Waals surface area contributed by atoms with Crippen molar-refractivity contribution in [2.75, 3.05) is 19.1 Å². The Kier molecular flexibility index (Phi) is 7.01. The standard InChI is InChI=1S/C10H22N2OS/c1-8(11)7-10(13)12(3)9(2)5-6-14-4/h8-9H,5-7,11H2,1-4H3. The molecule has 1 amide bonds. The van der Waals surface area contributed by atoms with Gasteiger partial charge in [0.25, 0.3) is 0 Å². The summed E-state index contributed by atoms with van der Waals surface area (Å²) in [6, 6.07) is 0.270. The molecule has 2 atom stereocenters. The van der Waals surface area contributed by atoms with Crippen LogP contribution in [0.2, 0.25) is 0 Å². The minimum atomic E-state index is -0.0438. The Hall–Kier alpha value is -0.220. The molecule has 0 fully saturated rings. The Bertz CT molecular complexity index is 174. The van der Waals surface area contributed by atoms with Crippen LogP contribution in [0, 0.1) is 0 Å². The van der Waals surface area contributed by atoms with Gasteiger partial charge in [0.15, 0.2) is 0 Å². The van der Waals surface area contributed by atoms with Crippen LogP contribution >= 0.6 is 11.8 Å². The van der Waals surface area contributed by atoms with Gasteiger partial charge in [0.1, 0.15) is 0 Å². The molecule has 2 unspecified atom stereocenters. The van der Waals surface area contributed by atoms with Crippen molar-refractivity contribution in [3.63, 3.8) is 0 Å². The maximum atomic E-state index is 11.6. The van der Waals surface area contributed by atoms with Gasteiger partial charge in [0.05, 0.1) is 0 Å². The highest BCUT2D eigenvalue weighted by atomic mass is 32.2. The van der Waals surface area contributed by atoms with Crippen molar-refractivity contribution in [1.29, 1.82) is 0 Å². The van der Waals surface area contributed by atoms with Crippen molar-refractivity contribution in [2.45, 2.75) is 38.8 Å². The van der Waals surface area contributed by atoms with Gasteiger partial charge in [-0.3, -0.25) is 4.79 Å². The van der Waals surface area contributed by atoms with Gasteiger partial charge in [-0.15, -0.1) is 0 Å². The van der Waals surface area contributed by atoms with Crippen LogP contribution in [-0.4, -0.2) is 41.9 Å². The van der Waals surface area contributed by atoms with Gasteiger partial charge in [0, 0.05) is 25.6 Å². The van der Waals surface area contributed by atoms with Crippen LogP contribution in [0.5, 0.6) is 0 Å². The largest absolute Gasteiger partial charge is 0.343 e. The molecular formula is C10H22N2OS. The van der Waals surface area contributed by atoms with Crippen LogP contribution in [0.25, 0.3) is 0 Å². The lowest BCUT2D eigenvalue weighted by Crippen LogP contribution is -2.38. The molecule has 0 aliphatic heterocycles. The van der Waals surface area contributed by atoms with Crippen LogP contribution in [0.1, 0.15) is 26.7 Å². The summed E-state index contributed by atoms with van der Waals surface area (Å²) in [5.41, 5.74) is 5.58. The molecule has 0 aromatic heterocycles. The van der Waals surface area contributed by atoms with E-state index < -0.39 is 0 Å². The summed E-state index contributed by atoms with van der Waals surface area (Å²) < 4.78 is 0. The lowest BCUT2D eigenvalue weighted by molar-refractivity contribution is -0.131. The number of hydrogen-bond donors (Lipinski definition) is 1. The highest BCUT2D eigenvalue weighted by molar-refractivity contribution is 7.98. The van der Waals surface area contributed by atoms with E-state index in [-0.39, 0.29) is 11.9 Å². The first-order valence-corrected chi connectivity index (χ1v) is 6.38. The SMILES string of the molecule is CSCCC(C)N(C)C(=O)CC(C)N. The van der Waals surface area contributed by atoms with Gasteiger partial charge < -0.3 is 10.6 Å². The van der Waals surface area contributed by atoms with Crippen molar-refractivity contribution in [3.8, 4) is 0 Å². The van der Waals surface area contributed by atoms with Gasteiger partial charge in [-0.1, -0.05) is 0 Å². The van der Waals surface area contributed by atoms with Crippen molar-refractivity contribution in [1.82, 2.24) is 4.90 Å². The van der Waals surface area contributed by atoms with Crippen molar-refractivity contribution < 1.29 is 4.79 Å². The van der Waals surface area contributed by atoms with Gasteiger partial charge >= 0.3 is 0 Å². The topological polar surface area (TPSA) is 46.3 Å². The van der Waals surface area contributed by atoms with Crippen molar-refractivity contribution >= 4 is 17.7 Å². The number of thioether (sulfide) groups is 1. The second-order valence-corrected chi connectivity index (χ2v) is 4.80. The highest BCUT2D eigenvalue weighted by Crippen LogP contribution is 2.07. The fourth-order valence-corrected chi connectivity index (χ4v) is 1.72. The molecule has 2 N–H and O–H groups in total. The average Bonchev–Trinajstić information content (AvgIpc) is 2.11. The molecule has 0 saturated heterocycles.